The molecule has 0 saturated heterocycles. The van der Waals surface area contributed by atoms with E-state index in [1.807, 2.05) is 67.3 Å². The summed E-state index contributed by atoms with van der Waals surface area (Å²) in [6.45, 7) is 10.5. The molecule has 0 aromatic heterocycles. The van der Waals surface area contributed by atoms with Crippen molar-refractivity contribution in [3.8, 4) is 5.75 Å². The van der Waals surface area contributed by atoms with Crippen molar-refractivity contribution in [3.05, 3.63) is 130 Å². The number of ether oxygens (including phenoxy) is 1. The number of fused-ring (bicyclic) bond motifs is 2. The first-order valence-corrected chi connectivity index (χ1v) is 37.6. The molecule has 1 aliphatic carbocycles. The fraction of sp³-hybridized carbons (Fsp3) is 0.493. The predicted octanol–water partition coefficient (Wildman–Crippen LogP) is 8.07. The first-order chi connectivity index (χ1) is 46.5. The number of carbonyl (C=O) groups excluding carboxylic acids is 5. The van der Waals surface area contributed by atoms with Gasteiger partial charge in [0.25, 0.3) is 30.4 Å². The number of benzene rings is 3. The monoisotopic (exact) mass is 1440 g/mol. The average molecular weight is 1440 g/mol. The van der Waals surface area contributed by atoms with Crippen molar-refractivity contribution in [1.82, 2.24) is 21.3 Å². The Balaban J connectivity index is 1.25. The number of unbranched alkanes of at least 4 members (excludes halogenated alkanes) is 3. The Hall–Kier alpha value is -8.42. The van der Waals surface area contributed by atoms with Crippen LogP contribution < -0.4 is 30.9 Å². The molecule has 99 heavy (non-hydrogen) atoms. The minimum atomic E-state index is -4.62. The zero-order valence-electron chi connectivity index (χ0n) is 56.3. The second-order valence-corrected chi connectivity index (χ2v) is 30.5. The summed E-state index contributed by atoms with van der Waals surface area (Å²) < 4.78 is 110. The number of allylic oxidation sites excluding steroid dienone is 7. The van der Waals surface area contributed by atoms with Crippen molar-refractivity contribution in [1.29, 1.82) is 0 Å². The van der Waals surface area contributed by atoms with Crippen LogP contribution in [0.5, 0.6) is 5.75 Å². The van der Waals surface area contributed by atoms with Crippen molar-refractivity contribution >= 4 is 94.8 Å². The standard InChI is InChI=1S/C69H90N6O21S3/c1-6-70-62(79)44-55(72-61(78)22-10-7-19-49(76)28-32-54(66(84)85)73-67(86)71-36-16-23-63(80)81)58(77)42-48(65(82)83)41-45-24-29-50(30-25-45)96-64-46(26-34-59-68(2,3)52-20-8-9-21-56(52)74(59)37-11-13-39-97(87,88)89)17-15-18-47(64)27-35-60-69(4,5)53-43-51(99(93,94)95)31-33-57(53)75(60)38-12-14-40-98(90,91)92/h8-9,20-21,24-27,29-31,33-35,43,48,54-55H,6-7,10-19,22-23,28,32,36-42,44H2,1-5H3,(H9-,70,71,72,73,78,79,80,81,82,83,84,85,86,87,88,89,90,91,92,93,94,95)/p+1/t48-,54+,55+/m1/s1. The highest BCUT2D eigenvalue weighted by Gasteiger charge is 2.45. The van der Waals surface area contributed by atoms with Crippen LogP contribution in [0.1, 0.15) is 160 Å². The number of amides is 4. The van der Waals surface area contributed by atoms with Crippen LogP contribution in [0.2, 0.25) is 0 Å². The number of Topliss-reactive ketones (excluding diaryl/α,β-unsaturated/α-hetero) is 2. The topological polar surface area (TPSA) is 424 Å². The molecule has 0 bridgehead atoms. The Labute approximate surface area is 577 Å². The molecule has 2 heterocycles. The lowest BCUT2D eigenvalue weighted by Gasteiger charge is -2.27. The van der Waals surface area contributed by atoms with E-state index in [4.69, 9.17) is 9.84 Å². The number of hydrogen-bond donors (Lipinski definition) is 10. The van der Waals surface area contributed by atoms with Crippen LogP contribution in [-0.4, -0.2) is 162 Å². The first kappa shape index (κ1) is 79.6. The number of carboxylic acids is 3. The van der Waals surface area contributed by atoms with Crippen molar-refractivity contribution in [2.24, 2.45) is 5.92 Å². The predicted molar refractivity (Wildman–Crippen MR) is 368 cm³/mol. The maximum absolute atomic E-state index is 14.0. The van der Waals surface area contributed by atoms with Crippen LogP contribution in [0, 0.1) is 5.92 Å². The molecule has 3 aliphatic rings. The van der Waals surface area contributed by atoms with Gasteiger partial charge in [0.15, 0.2) is 11.5 Å². The SMILES string of the molecule is CCNC(=O)C[C@H](NC(=O)CCCCC(=O)CC[C@H](NC(=O)NCCCC(=O)O)C(=O)O)C(=O)C[C@@H](Cc1ccc(OC2=C(/C=C/C3=[N+](CCCCS(=O)(=O)O)c4ccccc4C3(C)C)CCC/C2=C\C=C2\N(CCCCS(=O)(=O)O)c3ccc(S(=O)(=O)O)cc3C2(C)C)cc1)C(=O)O. The normalized spacial score (nSPS) is 16.8. The fourth-order valence-electron chi connectivity index (χ4n) is 12.4. The summed E-state index contributed by atoms with van der Waals surface area (Å²) in [5.41, 5.74) is 5.41. The Morgan fingerprint density at radius 1 is 0.667 bits per heavy atom. The Bertz CT molecular complexity index is 4020. The zero-order chi connectivity index (χ0) is 73.0. The molecule has 30 heteroatoms. The molecule has 0 unspecified atom stereocenters. The van der Waals surface area contributed by atoms with Gasteiger partial charge in [-0.3, -0.25) is 42.4 Å². The molecule has 0 fully saturated rings. The van der Waals surface area contributed by atoms with Gasteiger partial charge in [0.05, 0.1) is 40.2 Å². The Kier molecular flexibility index (Phi) is 28.6. The molecular formula is C69H91N6O21S3+. The summed E-state index contributed by atoms with van der Waals surface area (Å²) in [5, 5.41) is 38.6. The Morgan fingerprint density at radius 3 is 1.99 bits per heavy atom. The molecule has 0 radical (unpaired) electrons. The number of nitrogens with zero attached hydrogens (tertiary/aromatic N) is 2. The second-order valence-electron chi connectivity index (χ2n) is 25.9. The van der Waals surface area contributed by atoms with E-state index in [1.54, 1.807) is 37.3 Å². The summed E-state index contributed by atoms with van der Waals surface area (Å²) in [7, 11) is -13.1. The third kappa shape index (κ3) is 23.9. The molecular weight excluding hydrogens is 1340 g/mol. The van der Waals surface area contributed by atoms with Gasteiger partial charge in [-0.25, -0.2) is 9.59 Å². The summed E-state index contributed by atoms with van der Waals surface area (Å²) in [6, 6.07) is 15.1. The van der Waals surface area contributed by atoms with Crippen LogP contribution >= 0.6 is 0 Å². The first-order valence-electron chi connectivity index (χ1n) is 32.9. The van der Waals surface area contributed by atoms with Gasteiger partial charge in [0, 0.05) is 92.7 Å². The number of hydrogen-bond acceptors (Lipinski definition) is 16. The van der Waals surface area contributed by atoms with E-state index in [0.29, 0.717) is 72.7 Å². The molecule has 0 spiro atoms. The van der Waals surface area contributed by atoms with Crippen LogP contribution in [0.25, 0.3) is 0 Å². The minimum absolute atomic E-state index is 0.0119. The molecule has 0 saturated carbocycles. The smallest absolute Gasteiger partial charge is 0.326 e. The van der Waals surface area contributed by atoms with Crippen molar-refractivity contribution in [2.75, 3.05) is 42.6 Å². The highest BCUT2D eigenvalue weighted by molar-refractivity contribution is 7.86. The lowest BCUT2D eigenvalue weighted by Crippen LogP contribution is -2.46. The number of carbonyl (C=O) groups is 8. The van der Waals surface area contributed by atoms with E-state index >= 15 is 0 Å². The number of para-hydroxylation sites is 1. The van der Waals surface area contributed by atoms with Gasteiger partial charge in [-0.2, -0.15) is 29.8 Å². The van der Waals surface area contributed by atoms with Crippen molar-refractivity contribution in [2.45, 2.75) is 178 Å². The second kappa shape index (κ2) is 35.6. The zero-order valence-corrected chi connectivity index (χ0v) is 58.7. The number of urea groups is 1. The fourth-order valence-corrected chi connectivity index (χ4v) is 14.0. The molecule has 3 aromatic rings. The maximum atomic E-state index is 14.0. The lowest BCUT2D eigenvalue weighted by molar-refractivity contribution is -0.438. The highest BCUT2D eigenvalue weighted by atomic mass is 32.2. The third-order valence-corrected chi connectivity index (χ3v) is 20.0. The van der Waals surface area contributed by atoms with Crippen molar-refractivity contribution < 1.29 is 102 Å². The summed E-state index contributed by atoms with van der Waals surface area (Å²) >= 11 is 0. The van der Waals surface area contributed by atoms with E-state index in [2.05, 4.69) is 39.7 Å². The number of rotatable bonds is 40. The number of aliphatic carboxylic acids is 3. The number of anilines is 1. The molecule has 27 nitrogen and oxygen atoms in total. The van der Waals surface area contributed by atoms with E-state index in [9.17, 15) is 87.5 Å². The van der Waals surface area contributed by atoms with Crippen molar-refractivity contribution in [3.63, 3.8) is 0 Å². The quantitative estimate of drug-likeness (QED) is 0.0146. The summed E-state index contributed by atoms with van der Waals surface area (Å²) in [5.74, 6) is -7.41. The van der Waals surface area contributed by atoms with E-state index in [-0.39, 0.29) is 101 Å². The van der Waals surface area contributed by atoms with Gasteiger partial charge in [-0.1, -0.05) is 50.3 Å². The molecule has 6 rings (SSSR count). The molecule has 4 amide bonds. The Morgan fingerprint density at radius 2 is 1.34 bits per heavy atom. The van der Waals surface area contributed by atoms with Gasteiger partial charge in [-0.15, -0.1) is 0 Å². The molecule has 540 valence electrons. The van der Waals surface area contributed by atoms with Crippen LogP contribution in [0.15, 0.2) is 119 Å². The average Bonchev–Trinajstić information content (AvgIpc) is 1.58. The van der Waals surface area contributed by atoms with Crippen LogP contribution in [-0.2, 0) is 81.2 Å². The minimum Gasteiger partial charge on any atom is -0.481 e. The third-order valence-electron chi connectivity index (χ3n) is 17.6. The largest absolute Gasteiger partial charge is 0.481 e. The number of nitrogens with one attached hydrogen (secondary N) is 4. The van der Waals surface area contributed by atoms with Gasteiger partial charge in [0.1, 0.15) is 29.9 Å². The van der Waals surface area contributed by atoms with E-state index in [0.717, 1.165) is 28.1 Å². The van der Waals surface area contributed by atoms with Gasteiger partial charge >= 0.3 is 23.9 Å². The summed E-state index contributed by atoms with van der Waals surface area (Å²) in [6.07, 6.45) is 8.99. The van der Waals surface area contributed by atoms with Gasteiger partial charge in [-0.05, 0) is 156 Å². The molecule has 2 aliphatic heterocycles. The maximum Gasteiger partial charge on any atom is 0.326 e. The van der Waals surface area contributed by atoms with Crippen LogP contribution in [0.3, 0.4) is 0 Å². The van der Waals surface area contributed by atoms with Gasteiger partial charge < -0.3 is 46.2 Å². The molecule has 10 N–H and O–H groups in total. The molecule has 3 aromatic carbocycles. The lowest BCUT2D eigenvalue weighted by atomic mass is 9.81. The highest BCUT2D eigenvalue weighted by Crippen LogP contribution is 2.49. The van der Waals surface area contributed by atoms with Crippen LogP contribution in [0.4, 0.5) is 16.2 Å². The van der Waals surface area contributed by atoms with E-state index < -0.39 is 125 Å². The number of carboxylic acid groups (broad SMARTS) is 3. The number of ketones is 2. The van der Waals surface area contributed by atoms with E-state index in [1.165, 1.54) is 12.1 Å². The van der Waals surface area contributed by atoms with Gasteiger partial charge in [0.2, 0.25) is 17.5 Å². The molecule has 3 atom stereocenters. The summed E-state index contributed by atoms with van der Waals surface area (Å²) in [4.78, 5) is 102.